The maximum atomic E-state index is 14.7. The number of halogens is 2. The monoisotopic (exact) mass is 423 g/mol. The molecule has 0 aliphatic heterocycles. The Labute approximate surface area is 176 Å². The van der Waals surface area contributed by atoms with Crippen LogP contribution in [0.5, 0.6) is 11.6 Å². The maximum absolute atomic E-state index is 14.7. The molecule has 2 N–H and O–H groups in total. The summed E-state index contributed by atoms with van der Waals surface area (Å²) >= 11 is 0. The van der Waals surface area contributed by atoms with Crippen molar-refractivity contribution in [2.24, 2.45) is 11.3 Å². The number of pyridine rings is 1. The molecule has 9 heteroatoms. The van der Waals surface area contributed by atoms with Crippen molar-refractivity contribution in [3.63, 3.8) is 0 Å². The van der Waals surface area contributed by atoms with E-state index in [0.717, 1.165) is 19.3 Å². The van der Waals surface area contributed by atoms with Gasteiger partial charge in [0.2, 0.25) is 23.6 Å². The molecule has 0 radical (unpaired) electrons. The number of rotatable bonds is 6. The first-order chi connectivity index (χ1) is 15.0. The van der Waals surface area contributed by atoms with E-state index in [1.165, 1.54) is 18.3 Å². The highest BCUT2D eigenvalue weighted by Crippen LogP contribution is 2.70. The third-order valence-corrected chi connectivity index (χ3v) is 5.84. The highest BCUT2D eigenvalue weighted by Gasteiger charge is 2.65. The van der Waals surface area contributed by atoms with E-state index >= 15 is 0 Å². The molecule has 2 aromatic heterocycles. The number of amides is 1. The first-order valence-corrected chi connectivity index (χ1v) is 9.94. The molecule has 1 aromatic carbocycles. The lowest BCUT2D eigenvalue weighted by atomic mass is 10.2. The summed E-state index contributed by atoms with van der Waals surface area (Å²) in [6.07, 6.45) is 5.93. The van der Waals surface area contributed by atoms with Gasteiger partial charge in [-0.1, -0.05) is 0 Å². The summed E-state index contributed by atoms with van der Waals surface area (Å²) in [5.74, 6) is -2.63. The van der Waals surface area contributed by atoms with Crippen LogP contribution in [0.25, 0.3) is 11.3 Å². The average Bonchev–Trinajstić information content (AvgIpc) is 3.72. The Morgan fingerprint density at radius 3 is 2.71 bits per heavy atom. The molecule has 158 valence electrons. The molecule has 0 unspecified atom stereocenters. The topological polar surface area (TPSA) is 89.0 Å². The molecule has 0 bridgehead atoms. The van der Waals surface area contributed by atoms with Gasteiger partial charge >= 0.3 is 0 Å². The number of hydrogen-bond acceptors (Lipinski definition) is 6. The lowest BCUT2D eigenvalue weighted by Crippen LogP contribution is -2.16. The maximum Gasteiger partial charge on any atom is 0.228 e. The van der Waals surface area contributed by atoms with Gasteiger partial charge < -0.3 is 15.4 Å². The van der Waals surface area contributed by atoms with Crippen LogP contribution in [-0.4, -0.2) is 27.9 Å². The zero-order valence-electron chi connectivity index (χ0n) is 16.7. The molecule has 31 heavy (non-hydrogen) atoms. The zero-order chi connectivity index (χ0) is 21.6. The fraction of sp³-hybridized carbons (Fsp3) is 0.273. The predicted octanol–water partition coefficient (Wildman–Crippen LogP) is 4.39. The van der Waals surface area contributed by atoms with Crippen LogP contribution in [0.15, 0.2) is 42.7 Å². The number of anilines is 2. The van der Waals surface area contributed by atoms with Crippen LogP contribution in [0.3, 0.4) is 0 Å². The highest BCUT2D eigenvalue weighted by atomic mass is 19.2. The van der Waals surface area contributed by atoms with E-state index in [-0.39, 0.29) is 34.6 Å². The summed E-state index contributed by atoms with van der Waals surface area (Å²) < 4.78 is 34.9. The van der Waals surface area contributed by atoms with Crippen molar-refractivity contribution in [2.75, 3.05) is 17.7 Å². The van der Waals surface area contributed by atoms with E-state index < -0.39 is 11.6 Å². The van der Waals surface area contributed by atoms with E-state index in [9.17, 15) is 13.6 Å². The van der Waals surface area contributed by atoms with Gasteiger partial charge in [0.15, 0.2) is 11.6 Å². The third-order valence-electron chi connectivity index (χ3n) is 5.84. The molecule has 5 rings (SSSR count). The van der Waals surface area contributed by atoms with Crippen LogP contribution in [0, 0.1) is 23.0 Å². The number of hydrogen-bond donors (Lipinski definition) is 2. The molecule has 1 atom stereocenters. The van der Waals surface area contributed by atoms with Crippen molar-refractivity contribution >= 4 is 17.5 Å². The molecule has 1 spiro atoms. The Hall–Kier alpha value is -3.62. The van der Waals surface area contributed by atoms with E-state index in [1.54, 1.807) is 31.4 Å². The number of nitrogens with zero attached hydrogens (tertiary/aromatic N) is 3. The van der Waals surface area contributed by atoms with E-state index in [4.69, 9.17) is 4.74 Å². The molecular weight excluding hydrogens is 404 g/mol. The summed E-state index contributed by atoms with van der Waals surface area (Å²) in [6, 6.07) is 7.61. The lowest BCUT2D eigenvalue weighted by Gasteiger charge is -2.13. The molecule has 2 saturated carbocycles. The summed E-state index contributed by atoms with van der Waals surface area (Å²) in [6.45, 7) is 0. The van der Waals surface area contributed by atoms with Crippen molar-refractivity contribution in [1.29, 1.82) is 0 Å². The van der Waals surface area contributed by atoms with Crippen molar-refractivity contribution in [3.8, 4) is 22.9 Å². The van der Waals surface area contributed by atoms with Gasteiger partial charge in [0.25, 0.3) is 0 Å². The van der Waals surface area contributed by atoms with Crippen LogP contribution in [-0.2, 0) is 4.79 Å². The lowest BCUT2D eigenvalue weighted by molar-refractivity contribution is -0.117. The number of carbonyl (C=O) groups excluding carboxylic acids is 1. The smallest absolute Gasteiger partial charge is 0.228 e. The fourth-order valence-corrected chi connectivity index (χ4v) is 3.76. The normalized spacial score (nSPS) is 17.8. The van der Waals surface area contributed by atoms with Gasteiger partial charge in [0.05, 0.1) is 16.9 Å². The average molecular weight is 423 g/mol. The molecule has 2 heterocycles. The first-order valence-electron chi connectivity index (χ1n) is 9.94. The van der Waals surface area contributed by atoms with Crippen LogP contribution in [0.1, 0.15) is 19.3 Å². The number of ether oxygens (including phenoxy) is 1. The Bertz CT molecular complexity index is 1180. The van der Waals surface area contributed by atoms with E-state index in [2.05, 4.69) is 25.6 Å². The molecule has 7 nitrogen and oxygen atoms in total. The number of aromatic nitrogens is 3. The van der Waals surface area contributed by atoms with Crippen molar-refractivity contribution in [2.45, 2.75) is 19.3 Å². The van der Waals surface area contributed by atoms with Crippen molar-refractivity contribution in [3.05, 3.63) is 54.4 Å². The second-order valence-electron chi connectivity index (χ2n) is 7.82. The van der Waals surface area contributed by atoms with Gasteiger partial charge in [-0.15, -0.1) is 0 Å². The Morgan fingerprint density at radius 1 is 1.13 bits per heavy atom. The Kier molecular flexibility index (Phi) is 4.53. The second-order valence-corrected chi connectivity index (χ2v) is 7.82. The minimum Gasteiger partial charge on any atom is -0.435 e. The molecule has 2 aliphatic carbocycles. The highest BCUT2D eigenvalue weighted by molar-refractivity contribution is 5.95. The quantitative estimate of drug-likeness (QED) is 0.611. The van der Waals surface area contributed by atoms with E-state index in [0.29, 0.717) is 17.2 Å². The SMILES string of the molecule is CNc1nccc(-c2cccnc2Oc2ccc(NC(=O)[C@H]3CC34CC4)c(F)c2F)n1. The summed E-state index contributed by atoms with van der Waals surface area (Å²) in [7, 11) is 1.69. The zero-order valence-corrected chi connectivity index (χ0v) is 16.7. The second kappa shape index (κ2) is 7.26. The Morgan fingerprint density at radius 2 is 1.97 bits per heavy atom. The van der Waals surface area contributed by atoms with Crippen LogP contribution < -0.4 is 15.4 Å². The summed E-state index contributed by atoms with van der Waals surface area (Å²) in [5, 5.41) is 5.34. The minimum atomic E-state index is -1.20. The number of benzene rings is 1. The third kappa shape index (κ3) is 3.56. The molecule has 1 amide bonds. The summed E-state index contributed by atoms with van der Waals surface area (Å²) in [5.41, 5.74) is 0.923. The largest absolute Gasteiger partial charge is 0.435 e. The Balaban J connectivity index is 1.39. The predicted molar refractivity (Wildman–Crippen MR) is 110 cm³/mol. The standard InChI is InChI=1S/C22H19F2N5O2/c1-25-21-27-10-6-14(29-21)12-3-2-9-26-20(12)31-16-5-4-15(17(23)18(16)24)28-19(30)13-11-22(13)7-8-22/h2-6,9-10,13H,7-8,11H2,1H3,(H,28,30)(H,25,27,29)/t13-/m1/s1. The summed E-state index contributed by atoms with van der Waals surface area (Å²) in [4.78, 5) is 24.8. The van der Waals surface area contributed by atoms with Gasteiger partial charge in [-0.05, 0) is 55.0 Å². The number of nitrogens with one attached hydrogen (secondary N) is 2. The van der Waals surface area contributed by atoms with Gasteiger partial charge in [0.1, 0.15) is 0 Å². The molecule has 2 aliphatic rings. The van der Waals surface area contributed by atoms with Gasteiger partial charge in [-0.3, -0.25) is 4.79 Å². The number of carbonyl (C=O) groups is 1. The van der Waals surface area contributed by atoms with Crippen molar-refractivity contribution < 1.29 is 18.3 Å². The van der Waals surface area contributed by atoms with Crippen LogP contribution in [0.2, 0.25) is 0 Å². The molecular formula is C22H19F2N5O2. The first kappa shape index (κ1) is 19.3. The van der Waals surface area contributed by atoms with Gasteiger partial charge in [-0.2, -0.15) is 4.39 Å². The molecule has 3 aromatic rings. The van der Waals surface area contributed by atoms with Gasteiger partial charge in [-0.25, -0.2) is 19.3 Å². The van der Waals surface area contributed by atoms with Gasteiger partial charge in [0, 0.05) is 25.4 Å². The molecule has 0 saturated heterocycles. The fourth-order valence-electron chi connectivity index (χ4n) is 3.76. The molecule has 2 fully saturated rings. The van der Waals surface area contributed by atoms with E-state index in [1.807, 2.05) is 0 Å². The van der Waals surface area contributed by atoms with Crippen LogP contribution >= 0.6 is 0 Å². The minimum absolute atomic E-state index is 0.0620. The van der Waals surface area contributed by atoms with Crippen molar-refractivity contribution in [1.82, 2.24) is 15.0 Å². The van der Waals surface area contributed by atoms with Crippen LogP contribution in [0.4, 0.5) is 20.4 Å².